The Morgan fingerprint density at radius 2 is 2.28 bits per heavy atom. The molecule has 0 radical (unpaired) electrons. The number of nitrogens with one attached hydrogen (secondary N) is 1. The standard InChI is InChI=1S/C11H10N4OS2/c1-7-13-11(16-15-7)12-5-8-6-18-10(14-8)9-3-2-4-17-9/h2-4,6H,5H2,1H3,(H,12,13,15). The first-order valence-electron chi connectivity index (χ1n) is 5.34. The number of thiophene rings is 1. The molecule has 0 aliphatic rings. The van der Waals surface area contributed by atoms with E-state index in [1.165, 1.54) is 4.88 Å². The Balaban J connectivity index is 1.67. The van der Waals surface area contributed by atoms with Crippen molar-refractivity contribution in [2.45, 2.75) is 13.5 Å². The Morgan fingerprint density at radius 3 is 3.00 bits per heavy atom. The Morgan fingerprint density at radius 1 is 1.33 bits per heavy atom. The van der Waals surface area contributed by atoms with Gasteiger partial charge in [-0.3, -0.25) is 0 Å². The minimum absolute atomic E-state index is 0.429. The lowest BCUT2D eigenvalue weighted by Gasteiger charge is -1.95. The molecule has 92 valence electrons. The first kappa shape index (κ1) is 11.4. The quantitative estimate of drug-likeness (QED) is 0.794. The molecule has 5 nitrogen and oxygen atoms in total. The average Bonchev–Trinajstić information content (AvgIpc) is 3.07. The van der Waals surface area contributed by atoms with E-state index in [9.17, 15) is 0 Å². The molecule has 0 spiro atoms. The molecule has 0 bridgehead atoms. The van der Waals surface area contributed by atoms with E-state index in [0.717, 1.165) is 10.7 Å². The molecule has 0 aromatic carbocycles. The van der Waals surface area contributed by atoms with Crippen LogP contribution in [0.4, 0.5) is 6.01 Å². The third kappa shape index (κ3) is 2.41. The van der Waals surface area contributed by atoms with E-state index in [1.54, 1.807) is 29.6 Å². The Bertz CT molecular complexity index is 629. The predicted octanol–water partition coefficient (Wildman–Crippen LogP) is 3.18. The molecule has 7 heteroatoms. The molecule has 3 aromatic rings. The van der Waals surface area contributed by atoms with Crippen molar-refractivity contribution in [1.29, 1.82) is 0 Å². The van der Waals surface area contributed by atoms with Crippen LogP contribution in [0.3, 0.4) is 0 Å². The van der Waals surface area contributed by atoms with Crippen molar-refractivity contribution < 1.29 is 4.52 Å². The van der Waals surface area contributed by atoms with Crippen molar-refractivity contribution in [2.75, 3.05) is 5.32 Å². The van der Waals surface area contributed by atoms with Crippen molar-refractivity contribution >= 4 is 28.7 Å². The zero-order valence-corrected chi connectivity index (χ0v) is 11.2. The lowest BCUT2D eigenvalue weighted by atomic mass is 10.4. The third-order valence-corrected chi connectivity index (χ3v) is 4.16. The fourth-order valence-corrected chi connectivity index (χ4v) is 3.07. The molecular formula is C11H10N4OS2. The van der Waals surface area contributed by atoms with Crippen LogP contribution in [0.25, 0.3) is 9.88 Å². The van der Waals surface area contributed by atoms with E-state index >= 15 is 0 Å². The number of aryl methyl sites for hydroxylation is 1. The van der Waals surface area contributed by atoms with Crippen LogP contribution in [0.5, 0.6) is 0 Å². The third-order valence-electron chi connectivity index (χ3n) is 2.23. The highest BCUT2D eigenvalue weighted by Crippen LogP contribution is 2.27. The molecule has 3 aromatic heterocycles. The van der Waals surface area contributed by atoms with Crippen LogP contribution in [0, 0.1) is 6.92 Å². The van der Waals surface area contributed by atoms with Gasteiger partial charge in [0.2, 0.25) is 0 Å². The smallest absolute Gasteiger partial charge is 0.321 e. The van der Waals surface area contributed by atoms with E-state index in [2.05, 4.69) is 31.9 Å². The van der Waals surface area contributed by atoms with Gasteiger partial charge in [0.25, 0.3) is 0 Å². The highest BCUT2D eigenvalue weighted by atomic mass is 32.1. The van der Waals surface area contributed by atoms with Gasteiger partial charge in [-0.1, -0.05) is 11.2 Å². The second kappa shape index (κ2) is 4.87. The molecule has 3 heterocycles. The van der Waals surface area contributed by atoms with Crippen LogP contribution < -0.4 is 5.32 Å². The summed E-state index contributed by atoms with van der Waals surface area (Å²) in [4.78, 5) is 9.82. The van der Waals surface area contributed by atoms with Gasteiger partial charge in [0.05, 0.1) is 17.1 Å². The van der Waals surface area contributed by atoms with Crippen molar-refractivity contribution in [1.82, 2.24) is 15.1 Å². The fourth-order valence-electron chi connectivity index (χ4n) is 1.44. The Kier molecular flexibility index (Phi) is 3.07. The number of hydrogen-bond donors (Lipinski definition) is 1. The van der Waals surface area contributed by atoms with Gasteiger partial charge >= 0.3 is 6.01 Å². The number of nitrogens with zero attached hydrogens (tertiary/aromatic N) is 3. The second-order valence-corrected chi connectivity index (χ2v) is 5.43. The van der Waals surface area contributed by atoms with Crippen molar-refractivity contribution in [3.05, 3.63) is 34.4 Å². The summed E-state index contributed by atoms with van der Waals surface area (Å²) in [5, 5.41) is 11.9. The minimum Gasteiger partial charge on any atom is -0.332 e. The number of rotatable bonds is 4. The van der Waals surface area contributed by atoms with E-state index in [4.69, 9.17) is 4.52 Å². The largest absolute Gasteiger partial charge is 0.332 e. The summed E-state index contributed by atoms with van der Waals surface area (Å²) < 4.78 is 4.97. The van der Waals surface area contributed by atoms with Gasteiger partial charge in [0.1, 0.15) is 5.01 Å². The zero-order chi connectivity index (χ0) is 12.4. The van der Waals surface area contributed by atoms with Gasteiger partial charge in [0, 0.05) is 5.38 Å². The summed E-state index contributed by atoms with van der Waals surface area (Å²) in [6.45, 7) is 2.37. The molecule has 0 atom stereocenters. The van der Waals surface area contributed by atoms with E-state index in [1.807, 2.05) is 11.4 Å². The molecule has 0 aliphatic heterocycles. The summed E-state index contributed by atoms with van der Waals surface area (Å²) in [5.74, 6) is 0.620. The minimum atomic E-state index is 0.429. The molecule has 0 saturated heterocycles. The van der Waals surface area contributed by atoms with E-state index in [0.29, 0.717) is 18.4 Å². The van der Waals surface area contributed by atoms with Gasteiger partial charge in [-0.05, 0) is 18.4 Å². The van der Waals surface area contributed by atoms with Gasteiger partial charge < -0.3 is 9.84 Å². The van der Waals surface area contributed by atoms with Gasteiger partial charge in [-0.15, -0.1) is 22.7 Å². The van der Waals surface area contributed by atoms with Crippen LogP contribution in [-0.2, 0) is 6.54 Å². The number of aromatic nitrogens is 3. The van der Waals surface area contributed by atoms with Crippen LogP contribution >= 0.6 is 22.7 Å². The molecule has 0 amide bonds. The van der Waals surface area contributed by atoms with Gasteiger partial charge in [-0.25, -0.2) is 4.98 Å². The maximum absolute atomic E-state index is 4.97. The van der Waals surface area contributed by atoms with Crippen molar-refractivity contribution in [3.8, 4) is 9.88 Å². The van der Waals surface area contributed by atoms with Crippen LogP contribution in [0.2, 0.25) is 0 Å². The summed E-state index contributed by atoms with van der Waals surface area (Å²) in [5.41, 5.74) is 0.972. The number of hydrogen-bond acceptors (Lipinski definition) is 7. The first-order chi connectivity index (χ1) is 8.81. The molecule has 3 rings (SSSR count). The summed E-state index contributed by atoms with van der Waals surface area (Å²) >= 11 is 3.33. The molecular weight excluding hydrogens is 268 g/mol. The first-order valence-corrected chi connectivity index (χ1v) is 7.09. The van der Waals surface area contributed by atoms with Crippen molar-refractivity contribution in [2.24, 2.45) is 0 Å². The fraction of sp³-hybridized carbons (Fsp3) is 0.182. The monoisotopic (exact) mass is 278 g/mol. The van der Waals surface area contributed by atoms with Crippen molar-refractivity contribution in [3.63, 3.8) is 0 Å². The van der Waals surface area contributed by atoms with Crippen LogP contribution in [-0.4, -0.2) is 15.1 Å². The summed E-state index contributed by atoms with van der Waals surface area (Å²) in [6, 6.07) is 4.53. The molecule has 0 unspecified atom stereocenters. The Labute approximate surface area is 112 Å². The second-order valence-electron chi connectivity index (χ2n) is 3.62. The van der Waals surface area contributed by atoms with Crippen LogP contribution in [0.1, 0.15) is 11.5 Å². The molecule has 0 aliphatic carbocycles. The molecule has 18 heavy (non-hydrogen) atoms. The highest BCUT2D eigenvalue weighted by molar-refractivity contribution is 7.20. The van der Waals surface area contributed by atoms with Gasteiger partial charge in [0.15, 0.2) is 5.82 Å². The van der Waals surface area contributed by atoms with E-state index in [-0.39, 0.29) is 0 Å². The summed E-state index contributed by atoms with van der Waals surface area (Å²) in [7, 11) is 0. The SMILES string of the molecule is Cc1noc(NCc2csc(-c3cccs3)n2)n1. The topological polar surface area (TPSA) is 63.8 Å². The molecule has 0 saturated carbocycles. The maximum Gasteiger partial charge on any atom is 0.321 e. The Hall–Kier alpha value is -1.73. The lowest BCUT2D eigenvalue weighted by molar-refractivity contribution is 0.425. The molecule has 1 N–H and O–H groups in total. The molecule has 0 fully saturated rings. The van der Waals surface area contributed by atoms with Crippen LogP contribution in [0.15, 0.2) is 27.4 Å². The zero-order valence-electron chi connectivity index (χ0n) is 9.58. The number of anilines is 1. The normalized spacial score (nSPS) is 10.7. The average molecular weight is 278 g/mol. The highest BCUT2D eigenvalue weighted by Gasteiger charge is 2.07. The predicted molar refractivity (Wildman–Crippen MR) is 71.8 cm³/mol. The maximum atomic E-state index is 4.97. The summed E-state index contributed by atoms with van der Waals surface area (Å²) in [6.07, 6.45) is 0. The lowest BCUT2D eigenvalue weighted by Crippen LogP contribution is -1.99. The van der Waals surface area contributed by atoms with Gasteiger partial charge in [-0.2, -0.15) is 4.98 Å². The number of thiazole rings is 1. The van der Waals surface area contributed by atoms with E-state index < -0.39 is 0 Å².